The summed E-state index contributed by atoms with van der Waals surface area (Å²) in [6.45, 7) is 7.10. The molecule has 2 atom stereocenters. The number of rotatable bonds is 2. The molecule has 0 aromatic heterocycles. The Hall–Kier alpha value is -1.03. The average molecular weight is 197 g/mol. The number of nitrogens with zero attached hydrogens (tertiary/aromatic N) is 1. The number of amides is 1. The Morgan fingerprint density at radius 2 is 2.64 bits per heavy atom. The lowest BCUT2D eigenvalue weighted by Gasteiger charge is -2.29. The second-order valence-electron chi connectivity index (χ2n) is 4.11. The molecule has 0 aromatic carbocycles. The van der Waals surface area contributed by atoms with Gasteiger partial charge >= 0.3 is 6.09 Å². The molecule has 2 bridgehead atoms. The van der Waals surface area contributed by atoms with E-state index in [0.29, 0.717) is 13.2 Å². The van der Waals surface area contributed by atoms with Gasteiger partial charge in [-0.2, -0.15) is 0 Å². The van der Waals surface area contributed by atoms with Crippen molar-refractivity contribution < 1.29 is 14.3 Å². The fourth-order valence-corrected chi connectivity index (χ4v) is 2.14. The van der Waals surface area contributed by atoms with Crippen LogP contribution in [0.3, 0.4) is 0 Å². The van der Waals surface area contributed by atoms with Gasteiger partial charge in [0.1, 0.15) is 6.61 Å². The lowest BCUT2D eigenvalue weighted by Crippen LogP contribution is -2.44. The van der Waals surface area contributed by atoms with Gasteiger partial charge in [0.15, 0.2) is 0 Å². The molecule has 2 rings (SSSR count). The van der Waals surface area contributed by atoms with Crippen molar-refractivity contribution in [1.82, 2.24) is 4.90 Å². The van der Waals surface area contributed by atoms with Crippen LogP contribution in [0.15, 0.2) is 12.7 Å². The van der Waals surface area contributed by atoms with Gasteiger partial charge in [0, 0.05) is 6.42 Å². The largest absolute Gasteiger partial charge is 0.445 e. The monoisotopic (exact) mass is 197 g/mol. The van der Waals surface area contributed by atoms with Crippen LogP contribution in [0.5, 0.6) is 0 Å². The highest BCUT2D eigenvalue weighted by Crippen LogP contribution is 2.37. The standard InChI is InChI=1S/C10H15NO3/c1-3-4-13-9(12)11-7-10(2)5-8(11)6-14-10/h3,8H,1,4-7H2,2H3. The molecule has 2 aliphatic heterocycles. The maximum Gasteiger partial charge on any atom is 0.410 e. The molecule has 2 unspecified atom stereocenters. The van der Waals surface area contributed by atoms with Crippen LogP contribution in [0.1, 0.15) is 13.3 Å². The zero-order valence-corrected chi connectivity index (χ0v) is 8.36. The van der Waals surface area contributed by atoms with Gasteiger partial charge in [0.2, 0.25) is 0 Å². The molecule has 0 radical (unpaired) electrons. The Labute approximate surface area is 83.5 Å². The predicted octanol–water partition coefficient (Wildman–Crippen LogP) is 1.17. The molecule has 4 heteroatoms. The van der Waals surface area contributed by atoms with Gasteiger partial charge in [-0.05, 0) is 6.92 Å². The number of carbonyl (C=O) groups excluding carboxylic acids is 1. The van der Waals surface area contributed by atoms with Crippen molar-refractivity contribution in [2.75, 3.05) is 19.8 Å². The molecule has 2 aliphatic rings. The number of hydrogen-bond donors (Lipinski definition) is 0. The summed E-state index contributed by atoms with van der Waals surface area (Å²) in [7, 11) is 0. The fraction of sp³-hybridized carbons (Fsp3) is 0.700. The lowest BCUT2D eigenvalue weighted by molar-refractivity contribution is -0.0304. The molecule has 1 amide bonds. The Morgan fingerprint density at radius 3 is 3.14 bits per heavy atom. The van der Waals surface area contributed by atoms with E-state index in [1.54, 1.807) is 11.0 Å². The Bertz CT molecular complexity index is 266. The van der Waals surface area contributed by atoms with Gasteiger partial charge in [0.05, 0.1) is 24.8 Å². The van der Waals surface area contributed by atoms with Crippen LogP contribution in [-0.4, -0.2) is 42.4 Å². The number of hydrogen-bond acceptors (Lipinski definition) is 3. The zero-order chi connectivity index (χ0) is 10.2. The van der Waals surface area contributed by atoms with E-state index in [-0.39, 0.29) is 24.3 Å². The molecule has 2 heterocycles. The van der Waals surface area contributed by atoms with E-state index in [1.807, 2.05) is 6.92 Å². The number of likely N-dealkylation sites (tertiary alicyclic amines) is 1. The van der Waals surface area contributed by atoms with E-state index in [0.717, 1.165) is 6.42 Å². The van der Waals surface area contributed by atoms with E-state index < -0.39 is 0 Å². The fourth-order valence-electron chi connectivity index (χ4n) is 2.14. The average Bonchev–Trinajstić information content (AvgIpc) is 2.68. The van der Waals surface area contributed by atoms with Crippen molar-refractivity contribution in [1.29, 1.82) is 0 Å². The van der Waals surface area contributed by atoms with E-state index >= 15 is 0 Å². The van der Waals surface area contributed by atoms with Gasteiger partial charge in [-0.1, -0.05) is 12.7 Å². The van der Waals surface area contributed by atoms with Gasteiger partial charge in [-0.25, -0.2) is 4.79 Å². The third-order valence-electron chi connectivity index (χ3n) is 2.80. The number of carbonyl (C=O) groups is 1. The normalized spacial score (nSPS) is 34.6. The van der Waals surface area contributed by atoms with Gasteiger partial charge in [-0.15, -0.1) is 0 Å². The third kappa shape index (κ3) is 1.50. The van der Waals surface area contributed by atoms with E-state index in [1.165, 1.54) is 0 Å². The summed E-state index contributed by atoms with van der Waals surface area (Å²) in [4.78, 5) is 13.3. The summed E-state index contributed by atoms with van der Waals surface area (Å²) in [5, 5.41) is 0. The predicted molar refractivity (Wildman–Crippen MR) is 51.0 cm³/mol. The van der Waals surface area contributed by atoms with E-state index in [2.05, 4.69) is 6.58 Å². The molecule has 78 valence electrons. The van der Waals surface area contributed by atoms with Gasteiger partial charge < -0.3 is 9.47 Å². The first kappa shape index (κ1) is 9.52. The first-order valence-electron chi connectivity index (χ1n) is 4.83. The number of morpholine rings is 1. The van der Waals surface area contributed by atoms with Crippen molar-refractivity contribution in [3.05, 3.63) is 12.7 Å². The molecule has 0 N–H and O–H groups in total. The molecule has 0 aliphatic carbocycles. The van der Waals surface area contributed by atoms with Crippen LogP contribution >= 0.6 is 0 Å². The lowest BCUT2D eigenvalue weighted by atomic mass is 10.1. The second kappa shape index (κ2) is 3.28. The first-order chi connectivity index (χ1) is 6.64. The van der Waals surface area contributed by atoms with Crippen LogP contribution in [0.4, 0.5) is 4.79 Å². The zero-order valence-electron chi connectivity index (χ0n) is 8.36. The third-order valence-corrected chi connectivity index (χ3v) is 2.80. The number of fused-ring (bicyclic) bond motifs is 2. The second-order valence-corrected chi connectivity index (χ2v) is 4.11. The Morgan fingerprint density at radius 1 is 1.86 bits per heavy atom. The molecule has 0 aromatic rings. The molecular weight excluding hydrogens is 182 g/mol. The van der Waals surface area contributed by atoms with Crippen molar-refractivity contribution >= 4 is 6.09 Å². The minimum absolute atomic E-state index is 0.141. The molecule has 4 nitrogen and oxygen atoms in total. The maximum absolute atomic E-state index is 11.5. The summed E-state index contributed by atoms with van der Waals surface area (Å²) >= 11 is 0. The molecule has 14 heavy (non-hydrogen) atoms. The summed E-state index contributed by atoms with van der Waals surface area (Å²) < 4.78 is 10.5. The Balaban J connectivity index is 1.94. The summed E-state index contributed by atoms with van der Waals surface area (Å²) in [5.41, 5.74) is -0.141. The minimum atomic E-state index is -0.248. The van der Waals surface area contributed by atoms with Crippen LogP contribution < -0.4 is 0 Å². The van der Waals surface area contributed by atoms with Gasteiger partial charge in [0.25, 0.3) is 0 Å². The highest BCUT2D eigenvalue weighted by atomic mass is 16.6. The summed E-state index contributed by atoms with van der Waals surface area (Å²) in [5.74, 6) is 0. The molecule has 2 fully saturated rings. The SMILES string of the molecule is C=CCOC(=O)N1CC2(C)CC1CO2. The molecule has 2 saturated heterocycles. The number of ether oxygens (including phenoxy) is 2. The Kier molecular flexibility index (Phi) is 2.23. The van der Waals surface area contributed by atoms with Crippen LogP contribution in [0, 0.1) is 0 Å². The van der Waals surface area contributed by atoms with E-state index in [9.17, 15) is 4.79 Å². The first-order valence-corrected chi connectivity index (χ1v) is 4.83. The summed E-state index contributed by atoms with van der Waals surface area (Å²) in [6, 6.07) is 0.206. The minimum Gasteiger partial charge on any atom is -0.445 e. The van der Waals surface area contributed by atoms with Crippen molar-refractivity contribution in [3.63, 3.8) is 0 Å². The highest BCUT2D eigenvalue weighted by Gasteiger charge is 2.50. The maximum atomic E-state index is 11.5. The van der Waals surface area contributed by atoms with Crippen molar-refractivity contribution in [2.24, 2.45) is 0 Å². The van der Waals surface area contributed by atoms with Crippen molar-refractivity contribution in [3.8, 4) is 0 Å². The molecule has 0 spiro atoms. The van der Waals surface area contributed by atoms with E-state index in [4.69, 9.17) is 9.47 Å². The van der Waals surface area contributed by atoms with Crippen LogP contribution in [0.25, 0.3) is 0 Å². The summed E-state index contributed by atoms with van der Waals surface area (Å²) in [6.07, 6.45) is 2.25. The smallest absolute Gasteiger partial charge is 0.410 e. The van der Waals surface area contributed by atoms with Gasteiger partial charge in [-0.3, -0.25) is 4.90 Å². The van der Waals surface area contributed by atoms with Crippen LogP contribution in [-0.2, 0) is 9.47 Å². The van der Waals surface area contributed by atoms with Crippen LogP contribution in [0.2, 0.25) is 0 Å². The highest BCUT2D eigenvalue weighted by molar-refractivity contribution is 5.69. The molecular formula is C10H15NO3. The quantitative estimate of drug-likeness (QED) is 0.624. The van der Waals surface area contributed by atoms with Crippen molar-refractivity contribution in [2.45, 2.75) is 25.0 Å². The topological polar surface area (TPSA) is 38.8 Å². The molecule has 0 saturated carbocycles.